The van der Waals surface area contributed by atoms with E-state index in [2.05, 4.69) is 21.2 Å². The van der Waals surface area contributed by atoms with Crippen molar-refractivity contribution in [2.45, 2.75) is 6.42 Å². The van der Waals surface area contributed by atoms with E-state index in [9.17, 15) is 4.79 Å². The fourth-order valence-electron chi connectivity index (χ4n) is 1.79. The minimum absolute atomic E-state index is 0.0204. The Morgan fingerprint density at radius 1 is 1.20 bits per heavy atom. The van der Waals surface area contributed by atoms with Crippen LogP contribution in [0.3, 0.4) is 0 Å². The number of fused-ring (bicyclic) bond motifs is 1. The lowest BCUT2D eigenvalue weighted by Crippen LogP contribution is -2.30. The van der Waals surface area contributed by atoms with Crippen molar-refractivity contribution in [3.8, 4) is 5.75 Å². The molecule has 2 aromatic carbocycles. The highest BCUT2D eigenvalue weighted by atomic mass is 79.9. The summed E-state index contributed by atoms with van der Waals surface area (Å²) in [5.41, 5.74) is 0. The molecule has 0 aliphatic rings. The monoisotopic (exact) mass is 337 g/mol. The average molecular weight is 338 g/mol. The fourth-order valence-corrected chi connectivity index (χ4v) is 2.17. The van der Waals surface area contributed by atoms with Crippen LogP contribution in [0.4, 0.5) is 0 Å². The highest BCUT2D eigenvalue weighted by molar-refractivity contribution is 9.10. The first-order valence-corrected chi connectivity index (χ1v) is 7.18. The van der Waals surface area contributed by atoms with Crippen LogP contribution in [0.25, 0.3) is 10.8 Å². The molecule has 5 heteroatoms. The lowest BCUT2D eigenvalue weighted by molar-refractivity contribution is -0.123. The predicted molar refractivity (Wildman–Crippen MR) is 81.9 cm³/mol. The van der Waals surface area contributed by atoms with E-state index in [0.717, 1.165) is 15.2 Å². The summed E-state index contributed by atoms with van der Waals surface area (Å²) in [5.74, 6) is 0.478. The Labute approximate surface area is 125 Å². The van der Waals surface area contributed by atoms with Crippen molar-refractivity contribution < 1.29 is 14.6 Å². The van der Waals surface area contributed by atoms with Gasteiger partial charge < -0.3 is 15.2 Å². The van der Waals surface area contributed by atoms with Crippen LogP contribution in [0.15, 0.2) is 40.9 Å². The largest absolute Gasteiger partial charge is 0.484 e. The van der Waals surface area contributed by atoms with E-state index in [1.165, 1.54) is 0 Å². The van der Waals surface area contributed by atoms with Gasteiger partial charge in [-0.15, -0.1) is 0 Å². The molecule has 0 fully saturated rings. The van der Waals surface area contributed by atoms with Crippen molar-refractivity contribution in [1.29, 1.82) is 0 Å². The van der Waals surface area contributed by atoms with Crippen molar-refractivity contribution in [1.82, 2.24) is 5.32 Å². The standard InChI is InChI=1S/C15H16BrNO3/c16-13-4-2-12-9-14(5-3-11(12)8-13)20-10-15(19)17-6-1-7-18/h2-5,8-9,18H,1,6-7,10H2,(H,17,19). The van der Waals surface area contributed by atoms with Gasteiger partial charge in [0.2, 0.25) is 0 Å². The third-order valence-electron chi connectivity index (χ3n) is 2.80. The van der Waals surface area contributed by atoms with Crippen LogP contribution in [0.1, 0.15) is 6.42 Å². The normalized spacial score (nSPS) is 10.5. The van der Waals surface area contributed by atoms with E-state index < -0.39 is 0 Å². The number of carbonyl (C=O) groups is 1. The number of aliphatic hydroxyl groups excluding tert-OH is 1. The van der Waals surface area contributed by atoms with Crippen LogP contribution in [0.5, 0.6) is 5.75 Å². The van der Waals surface area contributed by atoms with Crippen LogP contribution in [0.2, 0.25) is 0 Å². The van der Waals surface area contributed by atoms with E-state index in [1.807, 2.05) is 36.4 Å². The Bertz CT molecular complexity index is 601. The maximum absolute atomic E-state index is 11.5. The topological polar surface area (TPSA) is 58.6 Å². The molecular weight excluding hydrogens is 322 g/mol. The van der Waals surface area contributed by atoms with E-state index in [-0.39, 0.29) is 19.1 Å². The Hall–Kier alpha value is -1.59. The van der Waals surface area contributed by atoms with Gasteiger partial charge in [-0.05, 0) is 41.5 Å². The second-order valence-electron chi connectivity index (χ2n) is 4.37. The molecule has 0 radical (unpaired) electrons. The maximum Gasteiger partial charge on any atom is 0.257 e. The van der Waals surface area contributed by atoms with Crippen molar-refractivity contribution in [3.05, 3.63) is 40.9 Å². The molecule has 0 heterocycles. The molecule has 0 atom stereocenters. The van der Waals surface area contributed by atoms with Gasteiger partial charge >= 0.3 is 0 Å². The maximum atomic E-state index is 11.5. The van der Waals surface area contributed by atoms with E-state index in [0.29, 0.717) is 18.7 Å². The predicted octanol–water partition coefficient (Wildman–Crippen LogP) is 2.48. The quantitative estimate of drug-likeness (QED) is 0.796. The molecule has 2 aromatic rings. The van der Waals surface area contributed by atoms with Gasteiger partial charge in [-0.3, -0.25) is 4.79 Å². The molecule has 1 amide bonds. The number of benzene rings is 2. The second-order valence-corrected chi connectivity index (χ2v) is 5.28. The molecule has 20 heavy (non-hydrogen) atoms. The smallest absolute Gasteiger partial charge is 0.257 e. The number of nitrogens with one attached hydrogen (secondary N) is 1. The highest BCUT2D eigenvalue weighted by Crippen LogP contribution is 2.23. The number of amides is 1. The van der Waals surface area contributed by atoms with Gasteiger partial charge in [-0.1, -0.05) is 28.1 Å². The summed E-state index contributed by atoms with van der Waals surface area (Å²) in [6.07, 6.45) is 0.552. The Kier molecular flexibility index (Phi) is 5.38. The number of hydrogen-bond acceptors (Lipinski definition) is 3. The first-order chi connectivity index (χ1) is 9.69. The number of carbonyl (C=O) groups excluding carboxylic acids is 1. The molecule has 0 aromatic heterocycles. The Balaban J connectivity index is 1.93. The zero-order chi connectivity index (χ0) is 14.4. The molecule has 2 rings (SSSR count). The van der Waals surface area contributed by atoms with Crippen LogP contribution >= 0.6 is 15.9 Å². The molecule has 0 aliphatic heterocycles. The summed E-state index contributed by atoms with van der Waals surface area (Å²) in [7, 11) is 0. The minimum Gasteiger partial charge on any atom is -0.484 e. The lowest BCUT2D eigenvalue weighted by atomic mass is 10.1. The van der Waals surface area contributed by atoms with Gasteiger partial charge in [0.05, 0.1) is 0 Å². The number of aliphatic hydroxyl groups is 1. The van der Waals surface area contributed by atoms with Crippen molar-refractivity contribution in [2.24, 2.45) is 0 Å². The summed E-state index contributed by atoms with van der Waals surface area (Å²) in [5, 5.41) is 13.5. The third kappa shape index (κ3) is 4.21. The molecule has 2 N–H and O–H groups in total. The summed E-state index contributed by atoms with van der Waals surface area (Å²) < 4.78 is 6.48. The van der Waals surface area contributed by atoms with E-state index >= 15 is 0 Å². The fraction of sp³-hybridized carbons (Fsp3) is 0.267. The SMILES string of the molecule is O=C(COc1ccc2cc(Br)ccc2c1)NCCCO. The molecule has 0 unspecified atom stereocenters. The summed E-state index contributed by atoms with van der Waals surface area (Å²) in [4.78, 5) is 11.5. The molecule has 0 spiro atoms. The van der Waals surface area contributed by atoms with Crippen LogP contribution in [-0.2, 0) is 4.79 Å². The van der Waals surface area contributed by atoms with Gasteiger partial charge in [0.25, 0.3) is 5.91 Å². The number of hydrogen-bond donors (Lipinski definition) is 2. The second kappa shape index (κ2) is 7.26. The summed E-state index contributed by atoms with van der Waals surface area (Å²) >= 11 is 3.43. The molecule has 0 aliphatic carbocycles. The lowest BCUT2D eigenvalue weighted by Gasteiger charge is -2.08. The van der Waals surface area contributed by atoms with Gasteiger partial charge in [-0.2, -0.15) is 0 Å². The van der Waals surface area contributed by atoms with Gasteiger partial charge in [-0.25, -0.2) is 0 Å². The van der Waals surface area contributed by atoms with E-state index in [1.54, 1.807) is 0 Å². The number of rotatable bonds is 6. The first kappa shape index (κ1) is 14.8. The van der Waals surface area contributed by atoms with Crippen LogP contribution in [-0.4, -0.2) is 30.8 Å². The molecule has 0 bridgehead atoms. The first-order valence-electron chi connectivity index (χ1n) is 6.39. The van der Waals surface area contributed by atoms with Gasteiger partial charge in [0, 0.05) is 17.6 Å². The molecule has 4 nitrogen and oxygen atoms in total. The average Bonchev–Trinajstić information content (AvgIpc) is 2.45. The van der Waals surface area contributed by atoms with Crippen molar-refractivity contribution in [3.63, 3.8) is 0 Å². The summed E-state index contributed by atoms with van der Waals surface area (Å²) in [6, 6.07) is 11.7. The molecular formula is C15H16BrNO3. The third-order valence-corrected chi connectivity index (χ3v) is 3.29. The zero-order valence-corrected chi connectivity index (χ0v) is 12.5. The Morgan fingerprint density at radius 2 is 1.95 bits per heavy atom. The Morgan fingerprint density at radius 3 is 2.75 bits per heavy atom. The highest BCUT2D eigenvalue weighted by Gasteiger charge is 2.03. The van der Waals surface area contributed by atoms with Crippen molar-refractivity contribution >= 4 is 32.6 Å². The minimum atomic E-state index is -0.186. The molecule has 0 saturated carbocycles. The van der Waals surface area contributed by atoms with Crippen molar-refractivity contribution in [2.75, 3.05) is 19.8 Å². The molecule has 0 saturated heterocycles. The van der Waals surface area contributed by atoms with Gasteiger partial charge in [0.1, 0.15) is 5.75 Å². The number of halogens is 1. The summed E-state index contributed by atoms with van der Waals surface area (Å²) in [6.45, 7) is 0.513. The van der Waals surface area contributed by atoms with Crippen LogP contribution in [0, 0.1) is 0 Å². The van der Waals surface area contributed by atoms with Crippen LogP contribution < -0.4 is 10.1 Å². The number of ether oxygens (including phenoxy) is 1. The van der Waals surface area contributed by atoms with E-state index in [4.69, 9.17) is 9.84 Å². The molecule has 106 valence electrons. The van der Waals surface area contributed by atoms with Gasteiger partial charge in [0.15, 0.2) is 6.61 Å². The zero-order valence-electron chi connectivity index (χ0n) is 10.9.